The van der Waals surface area contributed by atoms with Crippen molar-refractivity contribution in [2.75, 3.05) is 7.11 Å². The van der Waals surface area contributed by atoms with Crippen molar-refractivity contribution in [2.24, 2.45) is 23.2 Å². The first-order valence-electron chi connectivity index (χ1n) is 7.51. The Morgan fingerprint density at radius 3 is 2.25 bits per heavy atom. The number of hydrogen-bond acceptors (Lipinski definition) is 3. The summed E-state index contributed by atoms with van der Waals surface area (Å²) < 4.78 is 5.28. The van der Waals surface area contributed by atoms with Crippen molar-refractivity contribution >= 4 is 11.9 Å². The number of carboxylic acid groups (broad SMARTS) is 2. The Morgan fingerprint density at radius 1 is 1.10 bits per heavy atom. The van der Waals surface area contributed by atoms with Gasteiger partial charge in [-0.2, -0.15) is 0 Å². The lowest BCUT2D eigenvalue weighted by molar-refractivity contribution is -0.159. The highest BCUT2D eigenvalue weighted by molar-refractivity contribution is 5.95. The molecular weight excluding hydrogens is 260 g/mol. The summed E-state index contributed by atoms with van der Waals surface area (Å²) in [5.74, 6) is -1.88. The molecule has 5 nitrogen and oxygen atoms in total. The average Bonchev–Trinajstić information content (AvgIpc) is 3.01. The predicted molar refractivity (Wildman–Crippen MR) is 70.2 cm³/mol. The Morgan fingerprint density at radius 2 is 1.75 bits per heavy atom. The minimum atomic E-state index is -1.50. The maximum Gasteiger partial charge on any atom is 0.337 e. The average molecular weight is 282 g/mol. The number of rotatable bonds is 3. The molecular formula is C15H22O5. The zero-order valence-corrected chi connectivity index (χ0v) is 11.8. The van der Waals surface area contributed by atoms with E-state index < -0.39 is 28.9 Å². The zero-order chi connectivity index (χ0) is 14.5. The van der Waals surface area contributed by atoms with Gasteiger partial charge >= 0.3 is 11.9 Å². The molecule has 0 aromatic rings. The Kier molecular flexibility index (Phi) is 3.08. The summed E-state index contributed by atoms with van der Waals surface area (Å²) in [6, 6.07) is 0. The first-order valence-corrected chi connectivity index (χ1v) is 7.51. The molecule has 3 rings (SSSR count). The van der Waals surface area contributed by atoms with E-state index in [1.165, 1.54) is 26.4 Å². The summed E-state index contributed by atoms with van der Waals surface area (Å²) in [6.07, 6.45) is 7.09. The second kappa shape index (κ2) is 4.45. The van der Waals surface area contributed by atoms with Crippen LogP contribution in [0.3, 0.4) is 0 Å². The molecule has 0 bridgehead atoms. The third-order valence-corrected chi connectivity index (χ3v) is 6.16. The first-order chi connectivity index (χ1) is 9.49. The predicted octanol–water partition coefficient (Wildman–Crippen LogP) is 2.15. The maximum absolute atomic E-state index is 11.7. The van der Waals surface area contributed by atoms with Crippen LogP contribution in [0.15, 0.2) is 0 Å². The lowest BCUT2D eigenvalue weighted by atomic mass is 9.65. The zero-order valence-electron chi connectivity index (χ0n) is 11.8. The normalized spacial score (nSPS) is 46.8. The third-order valence-electron chi connectivity index (χ3n) is 6.16. The number of carbonyl (C=O) groups is 2. The van der Waals surface area contributed by atoms with Gasteiger partial charge in [-0.25, -0.2) is 4.79 Å². The largest absolute Gasteiger partial charge is 0.481 e. The summed E-state index contributed by atoms with van der Waals surface area (Å²) in [5, 5.41) is 19.0. The summed E-state index contributed by atoms with van der Waals surface area (Å²) in [6.45, 7) is 0. The molecule has 3 aliphatic carbocycles. The van der Waals surface area contributed by atoms with Crippen molar-refractivity contribution < 1.29 is 24.5 Å². The van der Waals surface area contributed by atoms with Crippen LogP contribution in [0.4, 0.5) is 0 Å². The van der Waals surface area contributed by atoms with Crippen molar-refractivity contribution in [1.29, 1.82) is 0 Å². The van der Waals surface area contributed by atoms with Crippen LogP contribution in [-0.4, -0.2) is 34.9 Å². The highest BCUT2D eigenvalue weighted by Crippen LogP contribution is 2.72. The molecule has 5 heteroatoms. The van der Waals surface area contributed by atoms with E-state index >= 15 is 0 Å². The smallest absolute Gasteiger partial charge is 0.337 e. The Hall–Kier alpha value is -1.10. The van der Waals surface area contributed by atoms with E-state index in [0.717, 1.165) is 12.8 Å². The molecule has 0 aromatic heterocycles. The molecule has 3 aliphatic rings. The van der Waals surface area contributed by atoms with Crippen LogP contribution in [0.25, 0.3) is 0 Å². The molecule has 2 N–H and O–H groups in total. The van der Waals surface area contributed by atoms with Crippen LogP contribution < -0.4 is 0 Å². The lowest BCUT2D eigenvalue weighted by Crippen LogP contribution is -2.38. The minimum absolute atomic E-state index is 0.482. The molecule has 0 saturated heterocycles. The number of carboxylic acids is 2. The number of aliphatic carboxylic acids is 2. The Bertz CT molecular complexity index is 448. The van der Waals surface area contributed by atoms with Gasteiger partial charge in [-0.05, 0) is 31.1 Å². The van der Waals surface area contributed by atoms with Gasteiger partial charge in [-0.15, -0.1) is 0 Å². The molecule has 0 heterocycles. The van der Waals surface area contributed by atoms with Crippen LogP contribution in [0.2, 0.25) is 0 Å². The van der Waals surface area contributed by atoms with Gasteiger partial charge in [0.2, 0.25) is 0 Å². The fourth-order valence-electron chi connectivity index (χ4n) is 5.26. The van der Waals surface area contributed by atoms with Gasteiger partial charge < -0.3 is 14.9 Å². The van der Waals surface area contributed by atoms with E-state index in [-0.39, 0.29) is 0 Å². The van der Waals surface area contributed by atoms with Crippen LogP contribution in [0, 0.1) is 23.2 Å². The van der Waals surface area contributed by atoms with Crippen LogP contribution in [-0.2, 0) is 14.3 Å². The molecule has 1 spiro atoms. The standard InChI is InChI=1S/C15H22O5/c1-20-15(13(18)19)11(12(16)17)14(15)7-6-9-4-2-3-5-10(9)8-14/h9-11H,2-8H2,1H3,(H,16,17)(H,18,19)/t9-,10-,11-,14+,15-/m1/s1. The van der Waals surface area contributed by atoms with E-state index in [1.54, 1.807) is 0 Å². The number of fused-ring (bicyclic) bond motifs is 1. The van der Waals surface area contributed by atoms with Gasteiger partial charge in [0.05, 0.1) is 0 Å². The number of hydrogen-bond donors (Lipinski definition) is 2. The van der Waals surface area contributed by atoms with Crippen molar-refractivity contribution in [3.8, 4) is 0 Å². The van der Waals surface area contributed by atoms with Gasteiger partial charge in [0.15, 0.2) is 5.60 Å². The SMILES string of the molecule is CO[C@@]1(C(=O)O)[C@H](C(=O)O)[C@@]12CC[C@H]1CCCC[C@@H]1C2. The Labute approximate surface area is 118 Å². The van der Waals surface area contributed by atoms with Crippen molar-refractivity contribution in [3.05, 3.63) is 0 Å². The molecule has 5 atom stereocenters. The quantitative estimate of drug-likeness (QED) is 0.828. The highest BCUT2D eigenvalue weighted by atomic mass is 16.5. The second-order valence-corrected chi connectivity index (χ2v) is 6.72. The van der Waals surface area contributed by atoms with Crippen molar-refractivity contribution in [3.63, 3.8) is 0 Å². The molecule has 3 saturated carbocycles. The lowest BCUT2D eigenvalue weighted by Gasteiger charge is -2.40. The van der Waals surface area contributed by atoms with E-state index in [4.69, 9.17) is 4.74 Å². The summed E-state index contributed by atoms with van der Waals surface area (Å²) >= 11 is 0. The molecule has 112 valence electrons. The second-order valence-electron chi connectivity index (χ2n) is 6.72. The molecule has 0 aliphatic heterocycles. The summed E-state index contributed by atoms with van der Waals surface area (Å²) in [5.41, 5.74) is -2.18. The molecule has 0 aromatic carbocycles. The maximum atomic E-state index is 11.7. The topological polar surface area (TPSA) is 83.8 Å². The van der Waals surface area contributed by atoms with Gasteiger partial charge in [0.1, 0.15) is 5.92 Å². The van der Waals surface area contributed by atoms with Gasteiger partial charge in [0, 0.05) is 12.5 Å². The van der Waals surface area contributed by atoms with E-state index in [1.807, 2.05) is 0 Å². The third kappa shape index (κ3) is 1.53. The monoisotopic (exact) mass is 282 g/mol. The van der Waals surface area contributed by atoms with E-state index in [0.29, 0.717) is 24.7 Å². The molecule has 20 heavy (non-hydrogen) atoms. The molecule has 0 unspecified atom stereocenters. The van der Waals surface area contributed by atoms with Crippen LogP contribution >= 0.6 is 0 Å². The van der Waals surface area contributed by atoms with Gasteiger partial charge in [-0.1, -0.05) is 25.7 Å². The molecule has 3 fully saturated rings. The first kappa shape index (κ1) is 13.9. The minimum Gasteiger partial charge on any atom is -0.481 e. The Balaban J connectivity index is 1.91. The highest BCUT2D eigenvalue weighted by Gasteiger charge is 2.85. The van der Waals surface area contributed by atoms with Crippen LogP contribution in [0.5, 0.6) is 0 Å². The van der Waals surface area contributed by atoms with E-state index in [2.05, 4.69) is 0 Å². The van der Waals surface area contributed by atoms with E-state index in [9.17, 15) is 19.8 Å². The summed E-state index contributed by atoms with van der Waals surface area (Å²) in [4.78, 5) is 23.2. The number of methoxy groups -OCH3 is 1. The number of ether oxygens (including phenoxy) is 1. The van der Waals surface area contributed by atoms with Gasteiger partial charge in [0.25, 0.3) is 0 Å². The van der Waals surface area contributed by atoms with Crippen LogP contribution in [0.1, 0.15) is 44.9 Å². The fraction of sp³-hybridized carbons (Fsp3) is 0.867. The molecule has 0 radical (unpaired) electrons. The fourth-order valence-corrected chi connectivity index (χ4v) is 5.26. The summed E-state index contributed by atoms with van der Waals surface area (Å²) in [7, 11) is 1.34. The van der Waals surface area contributed by atoms with Crippen molar-refractivity contribution in [1.82, 2.24) is 0 Å². The van der Waals surface area contributed by atoms with Gasteiger partial charge in [-0.3, -0.25) is 4.79 Å². The van der Waals surface area contributed by atoms with Crippen molar-refractivity contribution in [2.45, 2.75) is 50.5 Å². The molecule has 0 amide bonds.